The predicted octanol–water partition coefficient (Wildman–Crippen LogP) is -0.380. The van der Waals surface area contributed by atoms with Gasteiger partial charge in [0, 0.05) is 0 Å². The molecule has 3 nitrogen and oxygen atoms in total. The van der Waals surface area contributed by atoms with E-state index in [-0.39, 0.29) is 6.04 Å². The van der Waals surface area contributed by atoms with Crippen LogP contribution in [0.2, 0.25) is 0 Å². The average Bonchev–Trinajstić information content (AvgIpc) is 1.98. The SMILES string of the molecule is CC1=NNC(=S)[C@@H]1N. The minimum atomic E-state index is -0.148. The summed E-state index contributed by atoms with van der Waals surface area (Å²) in [4.78, 5) is 0.613. The lowest BCUT2D eigenvalue weighted by Gasteiger charge is -1.97. The van der Waals surface area contributed by atoms with Crippen LogP contribution in [0.1, 0.15) is 6.92 Å². The Hall–Kier alpha value is -0.480. The van der Waals surface area contributed by atoms with Gasteiger partial charge in [0.05, 0.1) is 11.8 Å². The first kappa shape index (κ1) is 5.65. The molecule has 1 aliphatic rings. The van der Waals surface area contributed by atoms with Gasteiger partial charge in [-0.3, -0.25) is 5.43 Å². The molecule has 4 heteroatoms. The monoisotopic (exact) mass is 129 g/mol. The first-order valence-electron chi connectivity index (χ1n) is 2.31. The van der Waals surface area contributed by atoms with E-state index in [1.165, 1.54) is 0 Å². The molecule has 8 heavy (non-hydrogen) atoms. The van der Waals surface area contributed by atoms with Gasteiger partial charge in [-0.05, 0) is 6.92 Å². The molecule has 1 atom stereocenters. The summed E-state index contributed by atoms with van der Waals surface area (Å²) in [7, 11) is 0. The fraction of sp³-hybridized carbons (Fsp3) is 0.500. The van der Waals surface area contributed by atoms with Gasteiger partial charge in [-0.2, -0.15) is 5.10 Å². The summed E-state index contributed by atoms with van der Waals surface area (Å²) < 4.78 is 0. The van der Waals surface area contributed by atoms with Gasteiger partial charge in [0.2, 0.25) is 0 Å². The van der Waals surface area contributed by atoms with Crippen molar-refractivity contribution in [3.63, 3.8) is 0 Å². The van der Waals surface area contributed by atoms with Crippen LogP contribution in [0.25, 0.3) is 0 Å². The van der Waals surface area contributed by atoms with E-state index in [0.29, 0.717) is 4.99 Å². The summed E-state index contributed by atoms with van der Waals surface area (Å²) in [5, 5.41) is 3.80. The summed E-state index contributed by atoms with van der Waals surface area (Å²) in [5.74, 6) is 0. The molecule has 0 aromatic heterocycles. The Morgan fingerprint density at radius 1 is 1.88 bits per heavy atom. The highest BCUT2D eigenvalue weighted by molar-refractivity contribution is 7.80. The van der Waals surface area contributed by atoms with E-state index < -0.39 is 0 Å². The van der Waals surface area contributed by atoms with Crippen molar-refractivity contribution >= 4 is 22.9 Å². The molecule has 0 unspecified atom stereocenters. The average molecular weight is 129 g/mol. The Bertz CT molecular complexity index is 151. The minimum Gasteiger partial charge on any atom is -0.317 e. The molecule has 44 valence electrons. The van der Waals surface area contributed by atoms with Crippen molar-refractivity contribution < 1.29 is 0 Å². The minimum absolute atomic E-state index is 0.148. The molecule has 1 aliphatic heterocycles. The summed E-state index contributed by atoms with van der Waals surface area (Å²) in [6, 6.07) is -0.148. The fourth-order valence-electron chi connectivity index (χ4n) is 0.472. The highest BCUT2D eigenvalue weighted by Gasteiger charge is 2.17. The Kier molecular flexibility index (Phi) is 1.27. The molecule has 3 N–H and O–H groups in total. The Morgan fingerprint density at radius 3 is 2.62 bits per heavy atom. The van der Waals surface area contributed by atoms with Crippen molar-refractivity contribution in [3.05, 3.63) is 0 Å². The molecule has 1 heterocycles. The molecule has 0 saturated heterocycles. The van der Waals surface area contributed by atoms with E-state index in [9.17, 15) is 0 Å². The maximum atomic E-state index is 5.49. The van der Waals surface area contributed by atoms with Crippen molar-refractivity contribution in [2.75, 3.05) is 0 Å². The zero-order valence-electron chi connectivity index (χ0n) is 4.51. The predicted molar refractivity (Wildman–Crippen MR) is 36.8 cm³/mol. The van der Waals surface area contributed by atoms with E-state index in [4.69, 9.17) is 18.0 Å². The summed E-state index contributed by atoms with van der Waals surface area (Å²) in [6.07, 6.45) is 0. The smallest absolute Gasteiger partial charge is 0.119 e. The van der Waals surface area contributed by atoms with Gasteiger partial charge in [-0.1, -0.05) is 12.2 Å². The van der Waals surface area contributed by atoms with E-state index in [0.717, 1.165) is 5.71 Å². The second-order valence-electron chi connectivity index (χ2n) is 1.71. The molecule has 0 aromatic carbocycles. The molecule has 0 amide bonds. The quantitative estimate of drug-likeness (QED) is 0.438. The van der Waals surface area contributed by atoms with Crippen LogP contribution in [0.5, 0.6) is 0 Å². The Balaban J connectivity index is 2.72. The van der Waals surface area contributed by atoms with E-state index >= 15 is 0 Å². The Morgan fingerprint density at radius 2 is 2.50 bits per heavy atom. The lowest BCUT2D eigenvalue weighted by Crippen LogP contribution is -2.34. The van der Waals surface area contributed by atoms with Crippen molar-refractivity contribution in [2.45, 2.75) is 13.0 Å². The van der Waals surface area contributed by atoms with Crippen LogP contribution in [0.4, 0.5) is 0 Å². The number of thiocarbonyl (C=S) groups is 1. The number of nitrogens with one attached hydrogen (secondary N) is 1. The molecule has 0 saturated carbocycles. The number of nitrogens with two attached hydrogens (primary N) is 1. The maximum absolute atomic E-state index is 5.49. The lowest BCUT2D eigenvalue weighted by atomic mass is 10.2. The van der Waals surface area contributed by atoms with Crippen LogP contribution in [0, 0.1) is 0 Å². The maximum Gasteiger partial charge on any atom is 0.119 e. The lowest BCUT2D eigenvalue weighted by molar-refractivity contribution is 1.06. The summed E-state index contributed by atoms with van der Waals surface area (Å²) >= 11 is 4.77. The number of nitrogens with zero attached hydrogens (tertiary/aromatic N) is 1. The van der Waals surface area contributed by atoms with Crippen LogP contribution in [0.15, 0.2) is 5.10 Å². The second-order valence-corrected chi connectivity index (χ2v) is 2.15. The molecular weight excluding hydrogens is 122 g/mol. The number of hydrazone groups is 1. The van der Waals surface area contributed by atoms with Crippen molar-refractivity contribution in [2.24, 2.45) is 10.8 Å². The third kappa shape index (κ3) is 0.719. The van der Waals surface area contributed by atoms with Crippen molar-refractivity contribution in [1.29, 1.82) is 0 Å². The van der Waals surface area contributed by atoms with Crippen molar-refractivity contribution in [1.82, 2.24) is 5.43 Å². The Labute approximate surface area is 52.9 Å². The van der Waals surface area contributed by atoms with E-state index in [1.54, 1.807) is 0 Å². The molecular formula is C4H7N3S. The highest BCUT2D eigenvalue weighted by Crippen LogP contribution is 1.93. The zero-order chi connectivity index (χ0) is 6.15. The summed E-state index contributed by atoms with van der Waals surface area (Å²) in [6.45, 7) is 1.84. The first-order valence-corrected chi connectivity index (χ1v) is 2.72. The first-order chi connectivity index (χ1) is 3.72. The van der Waals surface area contributed by atoms with Gasteiger partial charge in [0.1, 0.15) is 4.99 Å². The van der Waals surface area contributed by atoms with Crippen LogP contribution in [0.3, 0.4) is 0 Å². The highest BCUT2D eigenvalue weighted by atomic mass is 32.1. The third-order valence-electron chi connectivity index (χ3n) is 1.08. The number of hydrogen-bond donors (Lipinski definition) is 2. The van der Waals surface area contributed by atoms with E-state index in [2.05, 4.69) is 10.5 Å². The van der Waals surface area contributed by atoms with Gasteiger partial charge in [-0.15, -0.1) is 0 Å². The van der Waals surface area contributed by atoms with Crippen LogP contribution < -0.4 is 11.2 Å². The van der Waals surface area contributed by atoms with E-state index in [1.807, 2.05) is 6.92 Å². The topological polar surface area (TPSA) is 50.4 Å². The number of rotatable bonds is 0. The third-order valence-corrected chi connectivity index (χ3v) is 1.42. The zero-order valence-corrected chi connectivity index (χ0v) is 5.33. The normalized spacial score (nSPS) is 27.5. The van der Waals surface area contributed by atoms with Gasteiger partial charge < -0.3 is 5.73 Å². The second kappa shape index (κ2) is 1.80. The van der Waals surface area contributed by atoms with Gasteiger partial charge in [-0.25, -0.2) is 0 Å². The van der Waals surface area contributed by atoms with Crippen LogP contribution >= 0.6 is 12.2 Å². The number of hydrogen-bond acceptors (Lipinski definition) is 3. The molecule has 0 fully saturated rings. The molecule has 1 rings (SSSR count). The molecule has 0 aromatic rings. The standard InChI is InChI=1S/C4H7N3S/c1-2-3(5)4(8)7-6-2/h3H,5H2,1H3,(H,7,8)/t3-/m1/s1. The molecule has 0 aliphatic carbocycles. The van der Waals surface area contributed by atoms with Gasteiger partial charge in [0.25, 0.3) is 0 Å². The van der Waals surface area contributed by atoms with Gasteiger partial charge in [0.15, 0.2) is 0 Å². The summed E-state index contributed by atoms with van der Waals surface area (Å²) in [5.41, 5.74) is 8.96. The van der Waals surface area contributed by atoms with Gasteiger partial charge >= 0.3 is 0 Å². The van der Waals surface area contributed by atoms with Crippen molar-refractivity contribution in [3.8, 4) is 0 Å². The largest absolute Gasteiger partial charge is 0.317 e. The fourth-order valence-corrected chi connectivity index (χ4v) is 0.688. The van der Waals surface area contributed by atoms with Crippen LogP contribution in [-0.2, 0) is 0 Å². The van der Waals surface area contributed by atoms with Crippen LogP contribution in [-0.4, -0.2) is 16.7 Å². The molecule has 0 bridgehead atoms. The molecule has 0 radical (unpaired) electrons. The molecule has 0 spiro atoms.